The molecule has 15 heavy (non-hydrogen) atoms. The fraction of sp³-hybridized carbons (Fsp3) is 0.778. The molecule has 6 nitrogen and oxygen atoms in total. The summed E-state index contributed by atoms with van der Waals surface area (Å²) >= 11 is 0. The van der Waals surface area contributed by atoms with Gasteiger partial charge in [0, 0.05) is 0 Å². The van der Waals surface area contributed by atoms with Crippen LogP contribution >= 0.6 is 0 Å². The third-order valence-corrected chi connectivity index (χ3v) is 2.14. The second kappa shape index (κ2) is 4.86. The number of amidine groups is 1. The van der Waals surface area contributed by atoms with E-state index >= 15 is 0 Å². The van der Waals surface area contributed by atoms with E-state index in [4.69, 9.17) is 15.7 Å². The molecule has 1 atom stereocenters. The van der Waals surface area contributed by atoms with Crippen LogP contribution in [0.25, 0.3) is 0 Å². The molecule has 1 rings (SSSR count). The summed E-state index contributed by atoms with van der Waals surface area (Å²) in [6.45, 7) is 3.52. The predicted octanol–water partition coefficient (Wildman–Crippen LogP) is 0.646. The topological polar surface area (TPSA) is 96.9 Å². The quantitative estimate of drug-likeness (QED) is 0.277. The summed E-state index contributed by atoms with van der Waals surface area (Å²) in [6, 6.07) is -0.416. The Bertz CT molecular complexity index is 261. The molecular formula is C9H17N3O3. The fourth-order valence-corrected chi connectivity index (χ4v) is 1.30. The number of nitrogens with one attached hydrogen (secondary N) is 1. The number of ether oxygens (including phenoxy) is 1. The van der Waals surface area contributed by atoms with Crippen LogP contribution in [0.2, 0.25) is 0 Å². The standard InChI is InChI=1S/C9H17N3O3/c1-5(2)15-9(13)11-7(6-3-4-6)8(10)12-14/h5-7,14H,3-4H2,1-2H3,(H2,10,12)(H,11,13). The van der Waals surface area contributed by atoms with Crippen LogP contribution in [-0.4, -0.2) is 29.3 Å². The Balaban J connectivity index is 2.48. The van der Waals surface area contributed by atoms with Gasteiger partial charge in [0.05, 0.1) is 12.1 Å². The van der Waals surface area contributed by atoms with Crippen LogP contribution in [0.15, 0.2) is 5.16 Å². The molecule has 0 spiro atoms. The third-order valence-electron chi connectivity index (χ3n) is 2.14. The monoisotopic (exact) mass is 215 g/mol. The second-order valence-electron chi connectivity index (χ2n) is 3.94. The lowest BCUT2D eigenvalue weighted by Crippen LogP contribution is -2.46. The normalized spacial score (nSPS) is 18.7. The van der Waals surface area contributed by atoms with Gasteiger partial charge in [-0.15, -0.1) is 0 Å². The highest BCUT2D eigenvalue weighted by molar-refractivity contribution is 5.89. The van der Waals surface area contributed by atoms with Crippen molar-refractivity contribution >= 4 is 11.9 Å². The molecule has 1 fully saturated rings. The van der Waals surface area contributed by atoms with Crippen LogP contribution in [0.4, 0.5) is 4.79 Å². The first-order valence-electron chi connectivity index (χ1n) is 4.99. The zero-order valence-corrected chi connectivity index (χ0v) is 8.93. The highest BCUT2D eigenvalue weighted by atomic mass is 16.6. The van der Waals surface area contributed by atoms with Crippen LogP contribution in [0, 0.1) is 5.92 Å². The van der Waals surface area contributed by atoms with Crippen molar-refractivity contribution in [3.63, 3.8) is 0 Å². The minimum absolute atomic E-state index is 0.0261. The maximum atomic E-state index is 11.3. The fourth-order valence-electron chi connectivity index (χ4n) is 1.30. The Hall–Kier alpha value is -1.46. The van der Waals surface area contributed by atoms with Crippen LogP contribution < -0.4 is 11.1 Å². The SMILES string of the molecule is CC(C)OC(=O)NC(C(N)=NO)C1CC1. The maximum Gasteiger partial charge on any atom is 0.407 e. The minimum Gasteiger partial charge on any atom is -0.447 e. The maximum absolute atomic E-state index is 11.3. The van der Waals surface area contributed by atoms with Gasteiger partial charge in [0.2, 0.25) is 0 Å². The highest BCUT2D eigenvalue weighted by Gasteiger charge is 2.35. The number of carbonyl (C=O) groups is 1. The highest BCUT2D eigenvalue weighted by Crippen LogP contribution is 2.32. The molecule has 0 bridgehead atoms. The molecule has 1 saturated carbocycles. The average molecular weight is 215 g/mol. The zero-order valence-electron chi connectivity index (χ0n) is 8.93. The van der Waals surface area contributed by atoms with Crippen molar-refractivity contribution in [2.24, 2.45) is 16.8 Å². The lowest BCUT2D eigenvalue weighted by Gasteiger charge is -2.17. The molecule has 0 aromatic heterocycles. The first-order chi connectivity index (χ1) is 7.04. The minimum atomic E-state index is -0.534. The number of hydrogen-bond donors (Lipinski definition) is 3. The number of nitrogens with zero attached hydrogens (tertiary/aromatic N) is 1. The number of rotatable bonds is 4. The Morgan fingerprint density at radius 1 is 1.60 bits per heavy atom. The molecule has 1 aliphatic carbocycles. The smallest absolute Gasteiger partial charge is 0.407 e. The number of nitrogens with two attached hydrogens (primary N) is 1. The van der Waals surface area contributed by atoms with Gasteiger partial charge in [0.1, 0.15) is 0 Å². The van der Waals surface area contributed by atoms with E-state index in [1.807, 2.05) is 0 Å². The van der Waals surface area contributed by atoms with Gasteiger partial charge in [-0.05, 0) is 32.6 Å². The molecule has 86 valence electrons. The third kappa shape index (κ3) is 3.65. The number of carbonyl (C=O) groups excluding carboxylic acids is 1. The number of amides is 1. The summed E-state index contributed by atoms with van der Waals surface area (Å²) in [4.78, 5) is 11.3. The van der Waals surface area contributed by atoms with Gasteiger partial charge in [-0.2, -0.15) is 0 Å². The molecule has 1 amide bonds. The van der Waals surface area contributed by atoms with Crippen LogP contribution in [0.5, 0.6) is 0 Å². The van der Waals surface area contributed by atoms with Gasteiger partial charge in [-0.25, -0.2) is 4.79 Å². The number of hydrogen-bond acceptors (Lipinski definition) is 4. The summed E-state index contributed by atoms with van der Waals surface area (Å²) in [7, 11) is 0. The van der Waals surface area contributed by atoms with Crippen molar-refractivity contribution in [1.82, 2.24) is 5.32 Å². The van der Waals surface area contributed by atoms with Crippen LogP contribution in [-0.2, 0) is 4.74 Å². The van der Waals surface area contributed by atoms with Crippen molar-refractivity contribution in [1.29, 1.82) is 0 Å². The summed E-state index contributed by atoms with van der Waals surface area (Å²) < 4.78 is 4.91. The van der Waals surface area contributed by atoms with Gasteiger partial charge in [0.15, 0.2) is 5.84 Å². The summed E-state index contributed by atoms with van der Waals surface area (Å²) in [5.41, 5.74) is 5.47. The molecule has 0 heterocycles. The average Bonchev–Trinajstić information content (AvgIpc) is 2.95. The second-order valence-corrected chi connectivity index (χ2v) is 3.94. The Morgan fingerprint density at radius 3 is 2.60 bits per heavy atom. The van der Waals surface area contributed by atoms with Crippen molar-refractivity contribution < 1.29 is 14.7 Å². The molecule has 1 aliphatic rings. The molecule has 0 aliphatic heterocycles. The van der Waals surface area contributed by atoms with Crippen molar-refractivity contribution in [3.05, 3.63) is 0 Å². The van der Waals surface area contributed by atoms with E-state index in [0.717, 1.165) is 12.8 Å². The van der Waals surface area contributed by atoms with E-state index < -0.39 is 12.1 Å². The molecule has 0 radical (unpaired) electrons. The van der Waals surface area contributed by atoms with Gasteiger partial charge in [-0.3, -0.25) is 0 Å². The predicted molar refractivity (Wildman–Crippen MR) is 54.7 cm³/mol. The first kappa shape index (κ1) is 11.6. The molecule has 0 saturated heterocycles. The Kier molecular flexibility index (Phi) is 3.76. The largest absolute Gasteiger partial charge is 0.447 e. The van der Waals surface area contributed by atoms with Gasteiger partial charge in [-0.1, -0.05) is 5.16 Å². The lowest BCUT2D eigenvalue weighted by molar-refractivity contribution is 0.113. The van der Waals surface area contributed by atoms with E-state index in [0.29, 0.717) is 0 Å². The van der Waals surface area contributed by atoms with Gasteiger partial charge >= 0.3 is 6.09 Å². The lowest BCUT2D eigenvalue weighted by atomic mass is 10.2. The van der Waals surface area contributed by atoms with Gasteiger partial charge in [0.25, 0.3) is 0 Å². The molecule has 0 aromatic rings. The van der Waals surface area contributed by atoms with Crippen LogP contribution in [0.1, 0.15) is 26.7 Å². The van der Waals surface area contributed by atoms with E-state index in [1.54, 1.807) is 13.8 Å². The van der Waals surface area contributed by atoms with Crippen LogP contribution in [0.3, 0.4) is 0 Å². The summed E-state index contributed by atoms with van der Waals surface area (Å²) in [5, 5.41) is 14.0. The summed E-state index contributed by atoms with van der Waals surface area (Å²) in [5.74, 6) is 0.291. The molecule has 1 unspecified atom stereocenters. The van der Waals surface area contributed by atoms with E-state index in [1.165, 1.54) is 0 Å². The Morgan fingerprint density at radius 2 is 2.20 bits per heavy atom. The van der Waals surface area contributed by atoms with Gasteiger partial charge < -0.3 is 21.0 Å². The summed E-state index contributed by atoms with van der Waals surface area (Å²) in [6.07, 6.45) is 1.23. The van der Waals surface area contributed by atoms with E-state index in [9.17, 15) is 4.79 Å². The Labute approximate surface area is 88.5 Å². The first-order valence-corrected chi connectivity index (χ1v) is 4.99. The van der Waals surface area contributed by atoms with E-state index in [-0.39, 0.29) is 17.9 Å². The molecule has 0 aromatic carbocycles. The number of oxime groups is 1. The number of alkyl carbamates (subject to hydrolysis) is 1. The van der Waals surface area contributed by atoms with Crippen molar-refractivity contribution in [2.45, 2.75) is 38.8 Å². The van der Waals surface area contributed by atoms with E-state index in [2.05, 4.69) is 10.5 Å². The molecular weight excluding hydrogens is 198 g/mol. The van der Waals surface area contributed by atoms with Crippen molar-refractivity contribution in [2.75, 3.05) is 0 Å². The molecule has 6 heteroatoms. The van der Waals surface area contributed by atoms with Crippen molar-refractivity contribution in [3.8, 4) is 0 Å². The zero-order chi connectivity index (χ0) is 11.4. The molecule has 4 N–H and O–H groups in total.